The normalized spacial score (nSPS) is 11.7. The van der Waals surface area contributed by atoms with Gasteiger partial charge in [0.25, 0.3) is 15.9 Å². The zero-order valence-corrected chi connectivity index (χ0v) is 13.4. The number of nitrogens with zero attached hydrogens (tertiary/aromatic N) is 1. The van der Waals surface area contributed by atoms with Crippen molar-refractivity contribution in [2.45, 2.75) is 6.61 Å². The average Bonchev–Trinajstić information content (AvgIpc) is 2.95. The van der Waals surface area contributed by atoms with E-state index >= 15 is 0 Å². The van der Waals surface area contributed by atoms with E-state index in [-0.39, 0.29) is 12.3 Å². The summed E-state index contributed by atoms with van der Waals surface area (Å²) in [6.45, 7) is 0.276. The molecular formula is C14H14N2O4S2. The largest absolute Gasteiger partial charge is 0.378 e. The number of aromatic nitrogens is 1. The highest BCUT2D eigenvalue weighted by Crippen LogP contribution is 2.11. The number of hydrogen-bond donors (Lipinski definition) is 1. The van der Waals surface area contributed by atoms with Gasteiger partial charge in [0.05, 0.1) is 12.0 Å². The number of benzene rings is 1. The van der Waals surface area contributed by atoms with Crippen LogP contribution in [0.1, 0.15) is 21.1 Å². The third kappa shape index (κ3) is 4.76. The zero-order valence-electron chi connectivity index (χ0n) is 11.7. The van der Waals surface area contributed by atoms with Crippen molar-refractivity contribution in [1.29, 1.82) is 0 Å². The number of thiazole rings is 1. The van der Waals surface area contributed by atoms with Gasteiger partial charge in [0.2, 0.25) is 0 Å². The number of carbonyl (C=O) groups is 1. The van der Waals surface area contributed by atoms with Crippen LogP contribution in [0.5, 0.6) is 0 Å². The van der Waals surface area contributed by atoms with Crippen molar-refractivity contribution in [2.24, 2.45) is 0 Å². The predicted molar refractivity (Wildman–Crippen MR) is 84.7 cm³/mol. The molecule has 0 aliphatic rings. The van der Waals surface area contributed by atoms with Gasteiger partial charge in [-0.3, -0.25) is 4.79 Å². The van der Waals surface area contributed by atoms with Crippen molar-refractivity contribution in [1.82, 2.24) is 9.71 Å². The molecule has 2 aromatic rings. The summed E-state index contributed by atoms with van der Waals surface area (Å²) in [7, 11) is -2.36. The van der Waals surface area contributed by atoms with E-state index < -0.39 is 15.9 Å². The minimum absolute atomic E-state index is 0.0498. The van der Waals surface area contributed by atoms with Crippen molar-refractivity contribution in [2.75, 3.05) is 7.11 Å². The van der Waals surface area contributed by atoms with Gasteiger partial charge in [-0.1, -0.05) is 30.3 Å². The number of nitrogens with one attached hydrogen (secondary N) is 1. The molecule has 1 amide bonds. The van der Waals surface area contributed by atoms with Crippen molar-refractivity contribution in [3.63, 3.8) is 0 Å². The molecule has 0 saturated carbocycles. The maximum atomic E-state index is 11.9. The minimum Gasteiger partial charge on any atom is -0.378 e. The molecule has 0 radical (unpaired) electrons. The van der Waals surface area contributed by atoms with E-state index in [0.717, 1.165) is 11.0 Å². The van der Waals surface area contributed by atoms with E-state index in [1.54, 1.807) is 24.3 Å². The fourth-order valence-corrected chi connectivity index (χ4v) is 3.06. The minimum atomic E-state index is -3.88. The van der Waals surface area contributed by atoms with Crippen molar-refractivity contribution < 1.29 is 17.9 Å². The molecule has 0 atom stereocenters. The van der Waals surface area contributed by atoms with Crippen LogP contribution in [-0.4, -0.2) is 26.4 Å². The number of carbonyl (C=O) groups excluding carboxylic acids is 1. The fourth-order valence-electron chi connectivity index (χ4n) is 1.55. The second kappa shape index (κ2) is 7.30. The van der Waals surface area contributed by atoms with E-state index in [0.29, 0.717) is 5.01 Å². The Kier molecular flexibility index (Phi) is 5.42. The van der Waals surface area contributed by atoms with Gasteiger partial charge in [-0.15, -0.1) is 11.3 Å². The third-order valence-electron chi connectivity index (χ3n) is 2.53. The van der Waals surface area contributed by atoms with Crippen LogP contribution in [0.25, 0.3) is 6.08 Å². The molecule has 0 unspecified atom stereocenters. The molecule has 1 N–H and O–H groups in total. The SMILES string of the molecule is COCc1nc(C(=O)NS(=O)(=O)/C=C/c2ccccc2)cs1. The second-order valence-corrected chi connectivity index (χ2v) is 6.76. The fraction of sp³-hybridized carbons (Fsp3) is 0.143. The number of methoxy groups -OCH3 is 1. The molecule has 0 spiro atoms. The predicted octanol–water partition coefficient (Wildman–Crippen LogP) is 2.02. The Morgan fingerprint density at radius 2 is 2.09 bits per heavy atom. The Bertz CT molecular complexity index is 767. The third-order valence-corrected chi connectivity index (χ3v) is 4.31. The van der Waals surface area contributed by atoms with Crippen LogP contribution in [0.2, 0.25) is 0 Å². The first-order valence-electron chi connectivity index (χ1n) is 6.24. The molecule has 0 saturated heterocycles. The van der Waals surface area contributed by atoms with Gasteiger partial charge >= 0.3 is 0 Å². The molecule has 1 aromatic heterocycles. The Balaban J connectivity index is 2.04. The van der Waals surface area contributed by atoms with Crippen molar-refractivity contribution >= 4 is 33.3 Å². The number of hydrogen-bond acceptors (Lipinski definition) is 6. The Morgan fingerprint density at radius 1 is 1.36 bits per heavy atom. The summed E-state index contributed by atoms with van der Waals surface area (Å²) in [4.78, 5) is 15.9. The summed E-state index contributed by atoms with van der Waals surface area (Å²) in [5, 5.41) is 3.04. The van der Waals surface area contributed by atoms with Gasteiger partial charge in [0.15, 0.2) is 0 Å². The van der Waals surface area contributed by atoms with Gasteiger partial charge in [-0.2, -0.15) is 0 Å². The first-order valence-corrected chi connectivity index (χ1v) is 8.66. The molecule has 1 heterocycles. The first-order chi connectivity index (χ1) is 10.5. The monoisotopic (exact) mass is 338 g/mol. The summed E-state index contributed by atoms with van der Waals surface area (Å²) < 4.78 is 30.5. The smallest absolute Gasteiger partial charge is 0.284 e. The van der Waals surface area contributed by atoms with E-state index in [1.165, 1.54) is 29.9 Å². The lowest BCUT2D eigenvalue weighted by molar-refractivity contribution is 0.0977. The van der Waals surface area contributed by atoms with Crippen LogP contribution in [0.15, 0.2) is 41.1 Å². The van der Waals surface area contributed by atoms with Crippen LogP contribution in [0.4, 0.5) is 0 Å². The average molecular weight is 338 g/mol. The van der Waals surface area contributed by atoms with E-state index in [1.807, 2.05) is 10.8 Å². The van der Waals surface area contributed by atoms with E-state index in [9.17, 15) is 13.2 Å². The highest BCUT2D eigenvalue weighted by molar-refractivity contribution is 7.93. The maximum absolute atomic E-state index is 11.9. The Hall–Kier alpha value is -2.03. The summed E-state index contributed by atoms with van der Waals surface area (Å²) >= 11 is 1.23. The maximum Gasteiger partial charge on any atom is 0.284 e. The second-order valence-electron chi connectivity index (χ2n) is 4.25. The first kappa shape index (κ1) is 16.3. The molecular weight excluding hydrogens is 324 g/mol. The lowest BCUT2D eigenvalue weighted by Crippen LogP contribution is -2.29. The van der Waals surface area contributed by atoms with Gasteiger partial charge in [0, 0.05) is 12.5 Å². The molecule has 1 aromatic carbocycles. The molecule has 6 nitrogen and oxygen atoms in total. The van der Waals surface area contributed by atoms with E-state index in [2.05, 4.69) is 4.98 Å². The molecule has 2 rings (SSSR count). The molecule has 0 fully saturated rings. The summed E-state index contributed by atoms with van der Waals surface area (Å²) in [6.07, 6.45) is 1.41. The molecule has 22 heavy (non-hydrogen) atoms. The van der Waals surface area contributed by atoms with Crippen LogP contribution in [-0.2, 0) is 21.4 Å². The molecule has 0 bridgehead atoms. The van der Waals surface area contributed by atoms with Gasteiger partial charge < -0.3 is 4.74 Å². The summed E-state index contributed by atoms with van der Waals surface area (Å²) in [5.74, 6) is -0.767. The van der Waals surface area contributed by atoms with Crippen LogP contribution >= 0.6 is 11.3 Å². The topological polar surface area (TPSA) is 85.4 Å². The van der Waals surface area contributed by atoms with E-state index in [4.69, 9.17) is 4.74 Å². The molecule has 116 valence electrons. The lowest BCUT2D eigenvalue weighted by Gasteiger charge is -2.00. The number of rotatable bonds is 6. The van der Waals surface area contributed by atoms with Gasteiger partial charge in [-0.25, -0.2) is 18.1 Å². The Morgan fingerprint density at radius 3 is 2.77 bits per heavy atom. The van der Waals surface area contributed by atoms with Crippen LogP contribution < -0.4 is 4.72 Å². The number of sulfonamides is 1. The molecule has 0 aliphatic carbocycles. The van der Waals surface area contributed by atoms with Gasteiger partial charge in [-0.05, 0) is 11.6 Å². The molecule has 0 aliphatic heterocycles. The van der Waals surface area contributed by atoms with Gasteiger partial charge in [0.1, 0.15) is 10.7 Å². The van der Waals surface area contributed by atoms with Crippen LogP contribution in [0.3, 0.4) is 0 Å². The summed E-state index contributed by atoms with van der Waals surface area (Å²) in [6, 6.07) is 8.92. The quantitative estimate of drug-likeness (QED) is 0.871. The highest BCUT2D eigenvalue weighted by Gasteiger charge is 2.16. The highest BCUT2D eigenvalue weighted by atomic mass is 32.2. The van der Waals surface area contributed by atoms with Crippen LogP contribution in [0, 0.1) is 0 Å². The van der Waals surface area contributed by atoms with Crippen molar-refractivity contribution in [3.8, 4) is 0 Å². The number of amides is 1. The van der Waals surface area contributed by atoms with Crippen molar-refractivity contribution in [3.05, 3.63) is 57.4 Å². The number of ether oxygens (including phenoxy) is 1. The zero-order chi connectivity index (χ0) is 16.0. The lowest BCUT2D eigenvalue weighted by atomic mass is 10.2. The Labute approximate surface area is 132 Å². The molecule has 8 heteroatoms. The standard InChI is InChI=1S/C14H14N2O4S2/c1-20-9-13-15-12(10-21-13)14(17)16-22(18,19)8-7-11-5-3-2-4-6-11/h2-8,10H,9H2,1H3,(H,16,17)/b8-7+. The summed E-state index contributed by atoms with van der Waals surface area (Å²) in [5.41, 5.74) is 0.769.